The predicted octanol–water partition coefficient (Wildman–Crippen LogP) is 1.85. The summed E-state index contributed by atoms with van der Waals surface area (Å²) in [5.41, 5.74) is 0.798. The second-order valence-electron chi connectivity index (χ2n) is 4.10. The molecule has 1 aromatic rings. The Balaban J connectivity index is 1.95. The highest BCUT2D eigenvalue weighted by atomic mass is 35.5. The molecule has 0 spiro atoms. The molecule has 2 rings (SSSR count). The lowest BCUT2D eigenvalue weighted by atomic mass is 10.1. The smallest absolute Gasteiger partial charge is 0.237 e. The van der Waals surface area contributed by atoms with Crippen LogP contribution >= 0.6 is 11.6 Å². The van der Waals surface area contributed by atoms with Gasteiger partial charge in [0.1, 0.15) is 5.82 Å². The first-order valence-electron chi connectivity index (χ1n) is 5.62. The third kappa shape index (κ3) is 3.17. The molecule has 1 aromatic carbocycles. The van der Waals surface area contributed by atoms with Crippen LogP contribution in [-0.4, -0.2) is 18.5 Å². The van der Waals surface area contributed by atoms with E-state index in [-0.39, 0.29) is 17.8 Å². The summed E-state index contributed by atoms with van der Waals surface area (Å²) in [4.78, 5) is 11.5. The quantitative estimate of drug-likeness (QED) is 0.867. The maximum atomic E-state index is 12.8. The number of rotatable bonds is 3. The van der Waals surface area contributed by atoms with E-state index in [9.17, 15) is 9.18 Å². The second-order valence-corrected chi connectivity index (χ2v) is 4.51. The molecular formula is C12H14ClFN2O. The van der Waals surface area contributed by atoms with Gasteiger partial charge in [-0.1, -0.05) is 17.7 Å². The molecule has 1 heterocycles. The highest BCUT2D eigenvalue weighted by Gasteiger charge is 2.21. The van der Waals surface area contributed by atoms with E-state index in [1.807, 2.05) is 0 Å². The summed E-state index contributed by atoms with van der Waals surface area (Å²) in [7, 11) is 0. The molecule has 1 aliphatic rings. The molecule has 17 heavy (non-hydrogen) atoms. The topological polar surface area (TPSA) is 41.1 Å². The van der Waals surface area contributed by atoms with E-state index in [1.54, 1.807) is 6.07 Å². The normalized spacial score (nSPS) is 20.1. The molecule has 0 radical (unpaired) electrons. The van der Waals surface area contributed by atoms with Gasteiger partial charge in [-0.15, -0.1) is 0 Å². The molecule has 1 amide bonds. The molecule has 0 aromatic heterocycles. The highest BCUT2D eigenvalue weighted by molar-refractivity contribution is 6.31. The Hall–Kier alpha value is -1.13. The van der Waals surface area contributed by atoms with Gasteiger partial charge in [0.05, 0.1) is 6.04 Å². The lowest BCUT2D eigenvalue weighted by Gasteiger charge is -2.23. The van der Waals surface area contributed by atoms with Crippen LogP contribution in [-0.2, 0) is 11.3 Å². The Morgan fingerprint density at radius 2 is 2.35 bits per heavy atom. The van der Waals surface area contributed by atoms with Gasteiger partial charge >= 0.3 is 0 Å². The summed E-state index contributed by atoms with van der Waals surface area (Å²) < 4.78 is 12.8. The number of hydrogen-bond acceptors (Lipinski definition) is 2. The van der Waals surface area contributed by atoms with Crippen molar-refractivity contribution in [3.8, 4) is 0 Å². The van der Waals surface area contributed by atoms with E-state index in [0.29, 0.717) is 11.6 Å². The maximum Gasteiger partial charge on any atom is 0.237 e. The minimum Gasteiger partial charge on any atom is -0.355 e. The van der Waals surface area contributed by atoms with Crippen molar-refractivity contribution in [2.24, 2.45) is 0 Å². The maximum absolute atomic E-state index is 12.8. The summed E-state index contributed by atoms with van der Waals surface area (Å²) in [6.45, 7) is 1.21. The number of benzene rings is 1. The zero-order valence-corrected chi connectivity index (χ0v) is 10.1. The minimum absolute atomic E-state index is 0.0227. The molecule has 1 aliphatic heterocycles. The van der Waals surface area contributed by atoms with E-state index in [4.69, 9.17) is 11.6 Å². The molecule has 0 aliphatic carbocycles. The number of hydrogen-bond donors (Lipinski definition) is 2. The van der Waals surface area contributed by atoms with Crippen molar-refractivity contribution in [1.29, 1.82) is 0 Å². The Labute approximate surface area is 104 Å². The van der Waals surface area contributed by atoms with Crippen molar-refractivity contribution >= 4 is 17.5 Å². The molecule has 1 unspecified atom stereocenters. The van der Waals surface area contributed by atoms with Gasteiger partial charge in [0.25, 0.3) is 0 Å². The van der Waals surface area contributed by atoms with Gasteiger partial charge < -0.3 is 10.6 Å². The first kappa shape index (κ1) is 12.3. The number of piperidine rings is 1. The van der Waals surface area contributed by atoms with E-state index < -0.39 is 0 Å². The van der Waals surface area contributed by atoms with Gasteiger partial charge in [-0.3, -0.25) is 4.79 Å². The third-order valence-corrected chi connectivity index (χ3v) is 3.19. The largest absolute Gasteiger partial charge is 0.355 e. The summed E-state index contributed by atoms with van der Waals surface area (Å²) >= 11 is 5.90. The molecule has 3 nitrogen and oxygen atoms in total. The summed E-state index contributed by atoms with van der Waals surface area (Å²) in [5, 5.41) is 6.31. The van der Waals surface area contributed by atoms with Crippen LogP contribution in [0, 0.1) is 5.82 Å². The third-order valence-electron chi connectivity index (χ3n) is 2.84. The van der Waals surface area contributed by atoms with Gasteiger partial charge in [0.15, 0.2) is 0 Å². The molecule has 1 saturated heterocycles. The Morgan fingerprint density at radius 1 is 1.53 bits per heavy atom. The van der Waals surface area contributed by atoms with Crippen LogP contribution in [0.25, 0.3) is 0 Å². The van der Waals surface area contributed by atoms with Crippen molar-refractivity contribution in [2.75, 3.05) is 6.54 Å². The van der Waals surface area contributed by atoms with Crippen LogP contribution in [0.2, 0.25) is 5.02 Å². The number of carbonyl (C=O) groups is 1. The fourth-order valence-electron chi connectivity index (χ4n) is 1.87. The average Bonchev–Trinajstić information content (AvgIpc) is 2.30. The van der Waals surface area contributed by atoms with Crippen LogP contribution in [0.15, 0.2) is 18.2 Å². The Morgan fingerprint density at radius 3 is 3.06 bits per heavy atom. The molecular weight excluding hydrogens is 243 g/mol. The van der Waals surface area contributed by atoms with E-state index >= 15 is 0 Å². The highest BCUT2D eigenvalue weighted by Crippen LogP contribution is 2.17. The van der Waals surface area contributed by atoms with Crippen molar-refractivity contribution in [3.63, 3.8) is 0 Å². The lowest BCUT2D eigenvalue weighted by molar-refractivity contribution is -0.124. The number of halogens is 2. The number of amides is 1. The Bertz CT molecular complexity index is 425. The van der Waals surface area contributed by atoms with Gasteiger partial charge in [0, 0.05) is 18.1 Å². The number of carbonyl (C=O) groups excluding carboxylic acids is 1. The van der Waals surface area contributed by atoms with Crippen molar-refractivity contribution < 1.29 is 9.18 Å². The minimum atomic E-state index is -0.353. The van der Waals surface area contributed by atoms with Crippen LogP contribution < -0.4 is 10.6 Å². The van der Waals surface area contributed by atoms with Crippen molar-refractivity contribution in [1.82, 2.24) is 10.6 Å². The fourth-order valence-corrected chi connectivity index (χ4v) is 2.10. The van der Waals surface area contributed by atoms with E-state index in [0.717, 1.165) is 24.9 Å². The molecule has 1 fully saturated rings. The standard InChI is InChI=1S/C12H14ClFN2O/c13-10-6-9(14)4-3-8(10)7-16-11-2-1-5-15-12(11)17/h3-4,6,11,16H,1-2,5,7H2,(H,15,17). The van der Waals surface area contributed by atoms with Gasteiger partial charge in [-0.25, -0.2) is 4.39 Å². The average molecular weight is 257 g/mol. The molecule has 92 valence electrons. The summed E-state index contributed by atoms with van der Waals surface area (Å²) in [6, 6.07) is 4.10. The first-order chi connectivity index (χ1) is 8.16. The zero-order chi connectivity index (χ0) is 12.3. The monoisotopic (exact) mass is 256 g/mol. The summed E-state index contributed by atoms with van der Waals surface area (Å²) in [5.74, 6) is -0.330. The lowest BCUT2D eigenvalue weighted by Crippen LogP contribution is -2.47. The number of nitrogens with one attached hydrogen (secondary N) is 2. The second kappa shape index (κ2) is 5.47. The molecule has 5 heteroatoms. The van der Waals surface area contributed by atoms with Gasteiger partial charge in [-0.2, -0.15) is 0 Å². The SMILES string of the molecule is O=C1NCCCC1NCc1ccc(F)cc1Cl. The van der Waals surface area contributed by atoms with Crippen molar-refractivity contribution in [3.05, 3.63) is 34.6 Å². The van der Waals surface area contributed by atoms with Crippen LogP contribution in [0.4, 0.5) is 4.39 Å². The molecule has 0 saturated carbocycles. The predicted molar refractivity (Wildman–Crippen MR) is 64.3 cm³/mol. The first-order valence-corrected chi connectivity index (χ1v) is 5.99. The van der Waals surface area contributed by atoms with Crippen LogP contribution in [0.5, 0.6) is 0 Å². The Kier molecular flexibility index (Phi) is 3.97. The van der Waals surface area contributed by atoms with Crippen LogP contribution in [0.3, 0.4) is 0 Å². The van der Waals surface area contributed by atoms with Gasteiger partial charge in [0.2, 0.25) is 5.91 Å². The van der Waals surface area contributed by atoms with Crippen LogP contribution in [0.1, 0.15) is 18.4 Å². The van der Waals surface area contributed by atoms with E-state index in [1.165, 1.54) is 12.1 Å². The van der Waals surface area contributed by atoms with Crippen molar-refractivity contribution in [2.45, 2.75) is 25.4 Å². The molecule has 2 N–H and O–H groups in total. The zero-order valence-electron chi connectivity index (χ0n) is 9.30. The molecule has 0 bridgehead atoms. The van der Waals surface area contributed by atoms with E-state index in [2.05, 4.69) is 10.6 Å². The van der Waals surface area contributed by atoms with Gasteiger partial charge in [-0.05, 0) is 30.5 Å². The fraction of sp³-hybridized carbons (Fsp3) is 0.417. The molecule has 1 atom stereocenters. The summed E-state index contributed by atoms with van der Waals surface area (Å²) in [6.07, 6.45) is 1.80.